The van der Waals surface area contributed by atoms with Gasteiger partial charge in [-0.1, -0.05) is 17.7 Å². The highest BCUT2D eigenvalue weighted by Crippen LogP contribution is 2.32. The molecule has 1 aliphatic heterocycles. The number of hydrogen-bond acceptors (Lipinski definition) is 3. The van der Waals surface area contributed by atoms with E-state index in [2.05, 4.69) is 5.32 Å². The Kier molecular flexibility index (Phi) is 5.18. The summed E-state index contributed by atoms with van der Waals surface area (Å²) in [6, 6.07) is 11.1. The normalized spacial score (nSPS) is 16.7. The lowest BCUT2D eigenvalue weighted by Gasteiger charge is -2.18. The van der Waals surface area contributed by atoms with Crippen molar-refractivity contribution in [2.24, 2.45) is 5.92 Å². The van der Waals surface area contributed by atoms with Crippen LogP contribution in [0.3, 0.4) is 0 Å². The molecule has 1 aliphatic rings. The van der Waals surface area contributed by atoms with E-state index in [1.165, 1.54) is 7.11 Å². The third-order valence-corrected chi connectivity index (χ3v) is 4.73. The quantitative estimate of drug-likeness (QED) is 0.883. The zero-order chi connectivity index (χ0) is 18.8. The minimum Gasteiger partial charge on any atom is -0.495 e. The number of carbonyl (C=O) groups excluding carboxylic acids is 2. The first-order chi connectivity index (χ1) is 12.4. The predicted octanol–water partition coefficient (Wildman–Crippen LogP) is 3.96. The number of nitrogens with one attached hydrogen (secondary N) is 1. The van der Waals surface area contributed by atoms with Gasteiger partial charge < -0.3 is 15.0 Å². The number of benzene rings is 2. The fourth-order valence-electron chi connectivity index (χ4n) is 3.25. The molecule has 0 aromatic heterocycles. The van der Waals surface area contributed by atoms with Gasteiger partial charge in [-0.25, -0.2) is 0 Å². The Bertz CT molecular complexity index is 846. The summed E-state index contributed by atoms with van der Waals surface area (Å²) in [5.41, 5.74) is 3.59. The Hall–Kier alpha value is -2.53. The van der Waals surface area contributed by atoms with E-state index in [-0.39, 0.29) is 18.2 Å². The van der Waals surface area contributed by atoms with Gasteiger partial charge in [0.05, 0.1) is 18.1 Å². The Labute approximate surface area is 157 Å². The summed E-state index contributed by atoms with van der Waals surface area (Å²) in [5, 5.41) is 3.36. The van der Waals surface area contributed by atoms with Gasteiger partial charge in [-0.3, -0.25) is 9.59 Å². The molecule has 0 spiro atoms. The van der Waals surface area contributed by atoms with Gasteiger partial charge in [-0.15, -0.1) is 0 Å². The second-order valence-electron chi connectivity index (χ2n) is 6.59. The van der Waals surface area contributed by atoms with Crippen LogP contribution in [0.25, 0.3) is 0 Å². The Balaban J connectivity index is 1.72. The second kappa shape index (κ2) is 7.38. The van der Waals surface area contributed by atoms with Crippen LogP contribution in [-0.4, -0.2) is 25.5 Å². The highest BCUT2D eigenvalue weighted by Gasteiger charge is 2.35. The molecule has 3 rings (SSSR count). The lowest BCUT2D eigenvalue weighted by atomic mass is 10.1. The number of rotatable bonds is 4. The summed E-state index contributed by atoms with van der Waals surface area (Å²) >= 11 is 6.15. The molecule has 0 saturated carbocycles. The third-order valence-electron chi connectivity index (χ3n) is 4.43. The molecule has 1 N–H and O–H groups in total. The fourth-order valence-corrected chi connectivity index (χ4v) is 3.50. The van der Waals surface area contributed by atoms with E-state index < -0.39 is 5.92 Å². The van der Waals surface area contributed by atoms with Crippen molar-refractivity contribution in [1.82, 2.24) is 0 Å². The number of amides is 2. The summed E-state index contributed by atoms with van der Waals surface area (Å²) in [5.74, 6) is -0.0902. The first-order valence-corrected chi connectivity index (χ1v) is 8.78. The molecule has 2 aromatic rings. The molecule has 0 aliphatic carbocycles. The maximum absolute atomic E-state index is 12.6. The van der Waals surface area contributed by atoms with Crippen molar-refractivity contribution in [3.05, 3.63) is 52.5 Å². The zero-order valence-electron chi connectivity index (χ0n) is 15.0. The molecular formula is C20H21ClN2O3. The molecule has 1 saturated heterocycles. The van der Waals surface area contributed by atoms with Crippen LogP contribution in [0.2, 0.25) is 5.02 Å². The molecule has 1 heterocycles. The van der Waals surface area contributed by atoms with Crippen LogP contribution in [0, 0.1) is 19.8 Å². The lowest BCUT2D eigenvalue weighted by Crippen LogP contribution is -2.28. The van der Waals surface area contributed by atoms with E-state index in [1.54, 1.807) is 23.1 Å². The van der Waals surface area contributed by atoms with E-state index >= 15 is 0 Å². The van der Waals surface area contributed by atoms with E-state index in [0.29, 0.717) is 23.0 Å². The van der Waals surface area contributed by atoms with Crippen LogP contribution in [0.1, 0.15) is 17.5 Å². The number of anilines is 2. The van der Waals surface area contributed by atoms with Crippen LogP contribution < -0.4 is 15.0 Å². The van der Waals surface area contributed by atoms with Crippen LogP contribution in [0.4, 0.5) is 11.4 Å². The number of aryl methyl sites for hydroxylation is 2. The average molecular weight is 373 g/mol. The summed E-state index contributed by atoms with van der Waals surface area (Å²) in [6.07, 6.45) is 0.181. The van der Waals surface area contributed by atoms with Gasteiger partial charge >= 0.3 is 0 Å². The standard InChI is InChI=1S/C20H21ClN2O3/c1-12-6-13(2)8-15(7-12)22-20(25)14-9-19(24)23(11-14)16-4-5-18(26-3)17(21)10-16/h4-8,10,14H,9,11H2,1-3H3,(H,22,25). The molecule has 2 amide bonds. The zero-order valence-corrected chi connectivity index (χ0v) is 15.8. The molecular weight excluding hydrogens is 352 g/mol. The van der Waals surface area contributed by atoms with Crippen LogP contribution in [-0.2, 0) is 9.59 Å². The Morgan fingerprint density at radius 2 is 1.88 bits per heavy atom. The summed E-state index contributed by atoms with van der Waals surface area (Å²) in [6.45, 7) is 4.30. The van der Waals surface area contributed by atoms with Gasteiger partial charge in [-0.2, -0.15) is 0 Å². The number of halogens is 1. The summed E-state index contributed by atoms with van der Waals surface area (Å²) in [4.78, 5) is 26.6. The molecule has 1 unspecified atom stereocenters. The Morgan fingerprint density at radius 3 is 2.50 bits per heavy atom. The fraction of sp³-hybridized carbons (Fsp3) is 0.300. The van der Waals surface area contributed by atoms with E-state index in [4.69, 9.17) is 16.3 Å². The van der Waals surface area contributed by atoms with Gasteiger partial charge in [-0.05, 0) is 55.3 Å². The van der Waals surface area contributed by atoms with Crippen molar-refractivity contribution in [3.63, 3.8) is 0 Å². The van der Waals surface area contributed by atoms with E-state index in [9.17, 15) is 9.59 Å². The number of nitrogens with zero attached hydrogens (tertiary/aromatic N) is 1. The van der Waals surface area contributed by atoms with Crippen molar-refractivity contribution < 1.29 is 14.3 Å². The molecule has 0 bridgehead atoms. The maximum atomic E-state index is 12.6. The first-order valence-electron chi connectivity index (χ1n) is 8.40. The molecule has 5 nitrogen and oxygen atoms in total. The highest BCUT2D eigenvalue weighted by molar-refractivity contribution is 6.32. The van der Waals surface area contributed by atoms with Gasteiger partial charge in [0.1, 0.15) is 5.75 Å². The van der Waals surface area contributed by atoms with Gasteiger partial charge in [0.15, 0.2) is 0 Å². The second-order valence-corrected chi connectivity index (χ2v) is 7.00. The average Bonchev–Trinajstić information content (AvgIpc) is 2.96. The molecule has 1 atom stereocenters. The van der Waals surface area contributed by atoms with Crippen molar-refractivity contribution >= 4 is 34.8 Å². The van der Waals surface area contributed by atoms with Crippen molar-refractivity contribution in [2.75, 3.05) is 23.9 Å². The Morgan fingerprint density at radius 1 is 1.19 bits per heavy atom. The van der Waals surface area contributed by atoms with Crippen molar-refractivity contribution in [3.8, 4) is 5.75 Å². The topological polar surface area (TPSA) is 58.6 Å². The smallest absolute Gasteiger partial charge is 0.229 e. The molecule has 136 valence electrons. The van der Waals surface area contributed by atoms with E-state index in [1.807, 2.05) is 32.0 Å². The van der Waals surface area contributed by atoms with E-state index in [0.717, 1.165) is 16.8 Å². The monoisotopic (exact) mass is 372 g/mol. The molecule has 0 radical (unpaired) electrons. The third kappa shape index (κ3) is 3.83. The van der Waals surface area contributed by atoms with Crippen LogP contribution in [0.5, 0.6) is 5.75 Å². The minimum atomic E-state index is -0.399. The maximum Gasteiger partial charge on any atom is 0.229 e. The summed E-state index contributed by atoms with van der Waals surface area (Å²) < 4.78 is 5.13. The van der Waals surface area contributed by atoms with Gasteiger partial charge in [0.25, 0.3) is 0 Å². The minimum absolute atomic E-state index is 0.0909. The SMILES string of the molecule is COc1ccc(N2CC(C(=O)Nc3cc(C)cc(C)c3)CC2=O)cc1Cl. The largest absolute Gasteiger partial charge is 0.495 e. The number of ether oxygens (including phenoxy) is 1. The molecule has 2 aromatic carbocycles. The van der Waals surface area contributed by atoms with Gasteiger partial charge in [0.2, 0.25) is 11.8 Å². The lowest BCUT2D eigenvalue weighted by molar-refractivity contribution is -0.122. The number of methoxy groups -OCH3 is 1. The van der Waals surface area contributed by atoms with Crippen molar-refractivity contribution in [1.29, 1.82) is 0 Å². The summed E-state index contributed by atoms with van der Waals surface area (Å²) in [7, 11) is 1.54. The van der Waals surface area contributed by atoms with Crippen molar-refractivity contribution in [2.45, 2.75) is 20.3 Å². The number of hydrogen-bond donors (Lipinski definition) is 1. The molecule has 1 fully saturated rings. The number of carbonyl (C=O) groups is 2. The van der Waals surface area contributed by atoms with Gasteiger partial charge in [0, 0.05) is 24.3 Å². The van der Waals surface area contributed by atoms with Crippen LogP contribution in [0.15, 0.2) is 36.4 Å². The molecule has 26 heavy (non-hydrogen) atoms. The predicted molar refractivity (Wildman–Crippen MR) is 103 cm³/mol. The highest BCUT2D eigenvalue weighted by atomic mass is 35.5. The van der Waals surface area contributed by atoms with Crippen LogP contribution >= 0.6 is 11.6 Å². The molecule has 6 heteroatoms. The first kappa shape index (κ1) is 18.3.